The molecule has 0 aliphatic rings. The zero-order valence-electron chi connectivity index (χ0n) is 13.4. The number of nitrogens with one attached hydrogen (secondary N) is 2. The van der Waals surface area contributed by atoms with Crippen molar-refractivity contribution in [2.24, 2.45) is 0 Å². The normalized spacial score (nSPS) is 10.7. The first-order chi connectivity index (χ1) is 12.8. The first-order valence-electron chi connectivity index (χ1n) is 7.52. The van der Waals surface area contributed by atoms with Crippen LogP contribution in [0.5, 0.6) is 0 Å². The fourth-order valence-electron chi connectivity index (χ4n) is 2.23. The van der Waals surface area contributed by atoms with E-state index in [9.17, 15) is 0 Å². The van der Waals surface area contributed by atoms with E-state index in [2.05, 4.69) is 15.7 Å². The minimum Gasteiger partial charge on any atom is -0.332 e. The van der Waals surface area contributed by atoms with Crippen LogP contribution in [0.15, 0.2) is 42.6 Å². The Morgan fingerprint density at radius 2 is 1.67 bits per heavy atom. The molecular formula is C17H11Cl5N4S. The predicted octanol–water partition coefficient (Wildman–Crippen LogP) is 7.01. The summed E-state index contributed by atoms with van der Waals surface area (Å²) < 4.78 is 1.65. The highest BCUT2D eigenvalue weighted by Gasteiger charge is 2.11. The van der Waals surface area contributed by atoms with E-state index in [1.807, 2.05) is 6.07 Å². The Morgan fingerprint density at radius 1 is 0.889 bits per heavy atom. The second-order valence-electron chi connectivity index (χ2n) is 5.47. The SMILES string of the molecule is S=C(Nc1ccc(Cl)c(Cl)c1)Nc1nn(Cc2ccc(Cl)cc2Cl)cc1Cl. The molecule has 0 unspecified atom stereocenters. The molecule has 10 heteroatoms. The van der Waals surface area contributed by atoms with Gasteiger partial charge >= 0.3 is 0 Å². The van der Waals surface area contributed by atoms with Gasteiger partial charge in [-0.2, -0.15) is 5.10 Å². The van der Waals surface area contributed by atoms with Gasteiger partial charge in [0.15, 0.2) is 10.9 Å². The van der Waals surface area contributed by atoms with E-state index in [1.54, 1.807) is 41.2 Å². The Kier molecular flexibility index (Phi) is 6.74. The highest BCUT2D eigenvalue weighted by Crippen LogP contribution is 2.26. The Hall–Kier alpha value is -1.21. The van der Waals surface area contributed by atoms with Gasteiger partial charge in [-0.05, 0) is 48.1 Å². The predicted molar refractivity (Wildman–Crippen MR) is 119 cm³/mol. The van der Waals surface area contributed by atoms with E-state index in [-0.39, 0.29) is 0 Å². The second-order valence-corrected chi connectivity index (χ2v) is 7.94. The van der Waals surface area contributed by atoms with Crippen molar-refractivity contribution in [2.75, 3.05) is 10.6 Å². The largest absolute Gasteiger partial charge is 0.332 e. The number of hydrogen-bond acceptors (Lipinski definition) is 2. The van der Waals surface area contributed by atoms with Crippen molar-refractivity contribution >= 4 is 86.8 Å². The Morgan fingerprint density at radius 3 is 2.37 bits per heavy atom. The molecule has 0 aliphatic carbocycles. The molecule has 140 valence electrons. The molecular weight excluding hydrogens is 470 g/mol. The summed E-state index contributed by atoms with van der Waals surface area (Å²) >= 11 is 35.5. The fraction of sp³-hybridized carbons (Fsp3) is 0.0588. The Bertz CT molecular complexity index is 1000. The summed E-state index contributed by atoms with van der Waals surface area (Å²) in [4.78, 5) is 0. The number of benzene rings is 2. The van der Waals surface area contributed by atoms with Crippen molar-refractivity contribution in [3.8, 4) is 0 Å². The van der Waals surface area contributed by atoms with Gasteiger partial charge in [-0.1, -0.05) is 64.1 Å². The van der Waals surface area contributed by atoms with E-state index in [4.69, 9.17) is 70.2 Å². The molecule has 0 aliphatic heterocycles. The highest BCUT2D eigenvalue weighted by atomic mass is 35.5. The van der Waals surface area contributed by atoms with Crippen molar-refractivity contribution in [3.63, 3.8) is 0 Å². The third kappa shape index (κ3) is 5.41. The molecule has 4 nitrogen and oxygen atoms in total. The van der Waals surface area contributed by atoms with Crippen molar-refractivity contribution in [2.45, 2.75) is 6.54 Å². The van der Waals surface area contributed by atoms with Crippen LogP contribution in [-0.4, -0.2) is 14.9 Å². The first-order valence-corrected chi connectivity index (χ1v) is 9.81. The lowest BCUT2D eigenvalue weighted by atomic mass is 10.2. The number of hydrogen-bond donors (Lipinski definition) is 2. The molecule has 2 N–H and O–H groups in total. The topological polar surface area (TPSA) is 41.9 Å². The maximum Gasteiger partial charge on any atom is 0.176 e. The van der Waals surface area contributed by atoms with Gasteiger partial charge in [0.25, 0.3) is 0 Å². The molecule has 0 atom stereocenters. The Balaban J connectivity index is 1.68. The number of halogens is 5. The van der Waals surface area contributed by atoms with Crippen LogP contribution in [0.25, 0.3) is 0 Å². The summed E-state index contributed by atoms with van der Waals surface area (Å²) in [6.45, 7) is 0.435. The van der Waals surface area contributed by atoms with Crippen LogP contribution >= 0.6 is 70.2 Å². The van der Waals surface area contributed by atoms with Gasteiger partial charge in [0.05, 0.1) is 16.6 Å². The molecule has 1 aromatic heterocycles. The van der Waals surface area contributed by atoms with Crippen LogP contribution in [0.2, 0.25) is 25.1 Å². The van der Waals surface area contributed by atoms with Gasteiger partial charge in [-0.15, -0.1) is 0 Å². The maximum atomic E-state index is 6.24. The number of nitrogens with zero attached hydrogens (tertiary/aromatic N) is 2. The minimum absolute atomic E-state index is 0.310. The highest BCUT2D eigenvalue weighted by molar-refractivity contribution is 7.80. The number of anilines is 2. The molecule has 3 rings (SSSR count). The first kappa shape index (κ1) is 20.5. The standard InChI is InChI=1S/C17H11Cl5N4S/c18-10-2-1-9(13(20)5-10)7-26-8-15(22)16(25-26)24-17(27)23-11-3-4-12(19)14(21)6-11/h1-6,8H,7H2,(H2,23,24,25,27). The van der Waals surface area contributed by atoms with E-state index in [1.165, 1.54) is 0 Å². The molecule has 0 saturated carbocycles. The van der Waals surface area contributed by atoms with Crippen LogP contribution in [0.3, 0.4) is 0 Å². The lowest BCUT2D eigenvalue weighted by molar-refractivity contribution is 0.690. The van der Waals surface area contributed by atoms with Crippen molar-refractivity contribution in [1.29, 1.82) is 0 Å². The van der Waals surface area contributed by atoms with Crippen LogP contribution in [0, 0.1) is 0 Å². The molecule has 1 heterocycles. The summed E-state index contributed by atoms with van der Waals surface area (Å²) in [5.41, 5.74) is 1.55. The van der Waals surface area contributed by atoms with Gasteiger partial charge in [0, 0.05) is 21.9 Å². The lowest BCUT2D eigenvalue weighted by Crippen LogP contribution is -2.19. The third-order valence-corrected chi connectivity index (χ3v) is 5.28. The van der Waals surface area contributed by atoms with Crippen LogP contribution in [-0.2, 0) is 6.54 Å². The molecule has 27 heavy (non-hydrogen) atoms. The zero-order chi connectivity index (χ0) is 19.6. The van der Waals surface area contributed by atoms with Crippen molar-refractivity contribution in [3.05, 3.63) is 73.3 Å². The molecule has 0 bridgehead atoms. The average molecular weight is 481 g/mol. The molecule has 0 radical (unpaired) electrons. The summed E-state index contributed by atoms with van der Waals surface area (Å²) in [6, 6.07) is 10.4. The minimum atomic E-state index is 0.310. The quantitative estimate of drug-likeness (QED) is 0.394. The molecule has 0 saturated heterocycles. The average Bonchev–Trinajstić information content (AvgIpc) is 2.93. The molecule has 2 aromatic carbocycles. The van der Waals surface area contributed by atoms with Crippen molar-refractivity contribution < 1.29 is 0 Å². The van der Waals surface area contributed by atoms with E-state index < -0.39 is 0 Å². The van der Waals surface area contributed by atoms with Gasteiger partial charge in [-0.25, -0.2) is 0 Å². The number of thiocarbonyl (C=S) groups is 1. The van der Waals surface area contributed by atoms with Crippen LogP contribution in [0.4, 0.5) is 11.5 Å². The summed E-state index contributed by atoms with van der Waals surface area (Å²) in [5, 5.41) is 13.1. The van der Waals surface area contributed by atoms with E-state index in [0.717, 1.165) is 5.56 Å². The molecule has 3 aromatic rings. The second kappa shape index (κ2) is 8.86. The summed E-state index contributed by atoms with van der Waals surface area (Å²) in [5.74, 6) is 0.416. The number of rotatable bonds is 4. The lowest BCUT2D eigenvalue weighted by Gasteiger charge is -2.10. The van der Waals surface area contributed by atoms with E-state index >= 15 is 0 Å². The smallest absolute Gasteiger partial charge is 0.176 e. The number of aromatic nitrogens is 2. The molecule has 0 spiro atoms. The van der Waals surface area contributed by atoms with Crippen molar-refractivity contribution in [1.82, 2.24) is 9.78 Å². The third-order valence-electron chi connectivity index (χ3n) is 3.47. The molecule has 0 fully saturated rings. The van der Waals surface area contributed by atoms with Gasteiger partial charge in [-0.3, -0.25) is 4.68 Å². The van der Waals surface area contributed by atoms with Crippen LogP contribution in [0.1, 0.15) is 5.56 Å². The van der Waals surface area contributed by atoms with Gasteiger partial charge < -0.3 is 10.6 Å². The van der Waals surface area contributed by atoms with Crippen LogP contribution < -0.4 is 10.6 Å². The van der Waals surface area contributed by atoms with Gasteiger partial charge in [0.1, 0.15) is 5.02 Å². The van der Waals surface area contributed by atoms with E-state index in [0.29, 0.717) is 48.3 Å². The summed E-state index contributed by atoms with van der Waals surface area (Å²) in [7, 11) is 0. The maximum absolute atomic E-state index is 6.24. The van der Waals surface area contributed by atoms with Gasteiger partial charge in [0.2, 0.25) is 0 Å². The molecule has 0 amide bonds. The zero-order valence-corrected chi connectivity index (χ0v) is 18.0. The summed E-state index contributed by atoms with van der Waals surface area (Å²) in [6.07, 6.45) is 1.68. The fourth-order valence-corrected chi connectivity index (χ4v) is 3.41. The Labute approximate surface area is 186 Å². The monoisotopic (exact) mass is 478 g/mol.